The summed E-state index contributed by atoms with van der Waals surface area (Å²) >= 11 is 6.03. The maximum atomic E-state index is 10.3. The first-order chi connectivity index (χ1) is 20.9. The van der Waals surface area contributed by atoms with Crippen molar-refractivity contribution >= 4 is 57.0 Å². The number of aromatic nitrogens is 2. The molecule has 0 radical (unpaired) electrons. The van der Waals surface area contributed by atoms with Crippen LogP contribution in [0.3, 0.4) is 0 Å². The zero-order valence-corrected chi connectivity index (χ0v) is 25.4. The van der Waals surface area contributed by atoms with Crippen molar-refractivity contribution in [2.45, 2.75) is 44.8 Å². The van der Waals surface area contributed by atoms with Crippen LogP contribution < -0.4 is 4.90 Å². The predicted octanol–water partition coefficient (Wildman–Crippen LogP) is 4.54. The number of fused-ring (bicyclic) bond motifs is 3. The summed E-state index contributed by atoms with van der Waals surface area (Å²) in [6.07, 6.45) is -1.31. The Kier molecular flexibility index (Phi) is 10.5. The number of aliphatic hydroxyl groups is 1. The summed E-state index contributed by atoms with van der Waals surface area (Å²) in [6, 6.07) is 21.6. The molecule has 4 aromatic rings. The van der Waals surface area contributed by atoms with E-state index in [4.69, 9.17) is 37.0 Å². The van der Waals surface area contributed by atoms with Gasteiger partial charge in [0.2, 0.25) is 0 Å². The lowest BCUT2D eigenvalue weighted by atomic mass is 9.96. The number of imidazole rings is 1. The molecule has 11 nitrogen and oxygen atoms in total. The molecule has 5 rings (SSSR count). The van der Waals surface area contributed by atoms with Gasteiger partial charge in [0.15, 0.2) is 5.60 Å². The van der Waals surface area contributed by atoms with Crippen molar-refractivity contribution in [1.29, 1.82) is 0 Å². The van der Waals surface area contributed by atoms with Gasteiger partial charge >= 0.3 is 17.9 Å². The van der Waals surface area contributed by atoms with E-state index in [1.54, 1.807) is 0 Å². The van der Waals surface area contributed by atoms with Crippen molar-refractivity contribution in [2.75, 3.05) is 37.6 Å². The number of carboxylic acids is 3. The van der Waals surface area contributed by atoms with E-state index in [1.807, 2.05) is 12.1 Å². The third-order valence-electron chi connectivity index (χ3n) is 7.67. The van der Waals surface area contributed by atoms with Crippen molar-refractivity contribution < 1.29 is 34.8 Å². The summed E-state index contributed by atoms with van der Waals surface area (Å²) in [6.45, 7) is 9.82. The molecule has 1 fully saturated rings. The van der Waals surface area contributed by atoms with Crippen LogP contribution in [0.1, 0.15) is 38.6 Å². The minimum absolute atomic E-state index is 0.382. The molecule has 12 heteroatoms. The summed E-state index contributed by atoms with van der Waals surface area (Å²) < 4.78 is 2.45. The normalized spacial score (nSPS) is 14.1. The van der Waals surface area contributed by atoms with Crippen LogP contribution in [0.15, 0.2) is 60.7 Å². The zero-order valence-electron chi connectivity index (χ0n) is 24.7. The fraction of sp³-hybridized carbons (Fsp3) is 0.375. The first-order valence-corrected chi connectivity index (χ1v) is 14.8. The van der Waals surface area contributed by atoms with Crippen molar-refractivity contribution in [3.05, 3.63) is 71.5 Å². The highest BCUT2D eigenvalue weighted by Gasteiger charge is 2.40. The lowest BCUT2D eigenvalue weighted by molar-refractivity contribution is -0.170. The van der Waals surface area contributed by atoms with Gasteiger partial charge in [-0.2, -0.15) is 0 Å². The maximum absolute atomic E-state index is 10.3. The number of rotatable bonds is 10. The Balaban J connectivity index is 0.000000289. The summed E-state index contributed by atoms with van der Waals surface area (Å²) in [5, 5.41) is 37.2. The highest BCUT2D eigenvalue weighted by Crippen LogP contribution is 2.29. The number of halogens is 1. The minimum Gasteiger partial charge on any atom is -0.481 e. The molecule has 0 saturated carbocycles. The SMILES string of the molecule is CC(C)n1c(CCN2CCN(c3ccc(Cl)cc3)CC2)nc2ccc3ccccc3c21.O=C(O)CC(O)(CC(=O)O)C(=O)O. The Morgan fingerprint density at radius 1 is 0.886 bits per heavy atom. The molecule has 0 amide bonds. The first kappa shape index (κ1) is 32.7. The van der Waals surface area contributed by atoms with Crippen LogP contribution in [0.25, 0.3) is 21.8 Å². The standard InChI is InChI=1S/C26H29ClN4.C6H8O7/c1-19(2)31-25(28-24-12-7-20-5-3-4-6-23(20)26(24)31)13-14-29-15-17-30(18-16-29)22-10-8-21(27)9-11-22;7-3(8)1-6(13,5(11)12)2-4(9)10/h3-12,19H,13-18H2,1-2H3;13H,1-2H2,(H,7,8)(H,9,10)(H,11,12). The number of piperazine rings is 1. The van der Waals surface area contributed by atoms with Crippen molar-refractivity contribution in [3.8, 4) is 0 Å². The Bertz CT molecular complexity index is 1610. The molecule has 0 aliphatic carbocycles. The number of nitrogens with zero attached hydrogens (tertiary/aromatic N) is 4. The van der Waals surface area contributed by atoms with E-state index in [9.17, 15) is 14.4 Å². The van der Waals surface area contributed by atoms with E-state index in [0.717, 1.165) is 49.7 Å². The summed E-state index contributed by atoms with van der Waals surface area (Å²) in [5.41, 5.74) is 0.903. The second kappa shape index (κ2) is 14.1. The highest BCUT2D eigenvalue weighted by atomic mass is 35.5. The lowest BCUT2D eigenvalue weighted by Gasteiger charge is -2.36. The summed E-state index contributed by atoms with van der Waals surface area (Å²) in [4.78, 5) is 40.5. The molecular weight excluding hydrogens is 588 g/mol. The molecule has 1 saturated heterocycles. The Morgan fingerprint density at radius 3 is 2.07 bits per heavy atom. The molecule has 234 valence electrons. The molecule has 1 aliphatic rings. The van der Waals surface area contributed by atoms with Crippen LogP contribution in [0.5, 0.6) is 0 Å². The number of aliphatic carboxylic acids is 3. The quantitative estimate of drug-likeness (QED) is 0.197. The summed E-state index contributed by atoms with van der Waals surface area (Å²) in [5.74, 6) is -3.82. The van der Waals surface area contributed by atoms with E-state index in [0.29, 0.717) is 6.04 Å². The molecule has 2 heterocycles. The average molecular weight is 625 g/mol. The fourth-order valence-electron chi connectivity index (χ4n) is 5.50. The smallest absolute Gasteiger partial charge is 0.336 e. The topological polar surface area (TPSA) is 156 Å². The van der Waals surface area contributed by atoms with E-state index in [1.165, 1.54) is 27.8 Å². The van der Waals surface area contributed by atoms with Crippen molar-refractivity contribution in [1.82, 2.24) is 14.5 Å². The van der Waals surface area contributed by atoms with Gasteiger partial charge in [0.25, 0.3) is 0 Å². The average Bonchev–Trinajstić information content (AvgIpc) is 3.36. The largest absolute Gasteiger partial charge is 0.481 e. The van der Waals surface area contributed by atoms with Crippen LogP contribution in [0.2, 0.25) is 5.02 Å². The second-order valence-electron chi connectivity index (χ2n) is 11.2. The Hall–Kier alpha value is -4.19. The number of benzene rings is 3. The van der Waals surface area contributed by atoms with Gasteiger partial charge in [-0.05, 0) is 49.6 Å². The van der Waals surface area contributed by atoms with Gasteiger partial charge in [-0.25, -0.2) is 9.78 Å². The maximum Gasteiger partial charge on any atom is 0.336 e. The van der Waals surface area contributed by atoms with E-state index in [-0.39, 0.29) is 0 Å². The Labute approximate surface area is 259 Å². The molecule has 0 bridgehead atoms. The van der Waals surface area contributed by atoms with Crippen LogP contribution in [0, 0.1) is 0 Å². The minimum atomic E-state index is -2.74. The van der Waals surface area contributed by atoms with Crippen LogP contribution >= 0.6 is 11.6 Å². The molecule has 1 aromatic heterocycles. The third kappa shape index (κ3) is 7.85. The van der Waals surface area contributed by atoms with Crippen molar-refractivity contribution in [2.24, 2.45) is 0 Å². The van der Waals surface area contributed by atoms with Crippen LogP contribution in [0.4, 0.5) is 5.69 Å². The van der Waals surface area contributed by atoms with Crippen LogP contribution in [-0.4, -0.2) is 91.1 Å². The van der Waals surface area contributed by atoms with Gasteiger partial charge in [-0.3, -0.25) is 14.5 Å². The molecule has 4 N–H and O–H groups in total. The number of hydrogen-bond acceptors (Lipinski definition) is 7. The van der Waals surface area contributed by atoms with Crippen LogP contribution in [-0.2, 0) is 20.8 Å². The molecule has 3 aromatic carbocycles. The highest BCUT2D eigenvalue weighted by molar-refractivity contribution is 6.30. The van der Waals surface area contributed by atoms with E-state index in [2.05, 4.69) is 76.7 Å². The first-order valence-electron chi connectivity index (χ1n) is 14.4. The Morgan fingerprint density at radius 2 is 1.50 bits per heavy atom. The van der Waals surface area contributed by atoms with Gasteiger partial charge < -0.3 is 29.9 Å². The number of carbonyl (C=O) groups is 3. The number of anilines is 1. The molecular formula is C32H37ClN4O7. The molecule has 0 atom stereocenters. The van der Waals surface area contributed by atoms with E-state index < -0.39 is 36.4 Å². The molecule has 1 aliphatic heterocycles. The van der Waals surface area contributed by atoms with Gasteiger partial charge in [0, 0.05) is 61.3 Å². The molecule has 0 unspecified atom stereocenters. The molecule has 0 spiro atoms. The fourth-order valence-corrected chi connectivity index (χ4v) is 5.62. The third-order valence-corrected chi connectivity index (χ3v) is 7.92. The second-order valence-corrected chi connectivity index (χ2v) is 11.6. The number of carboxylic acid groups (broad SMARTS) is 3. The van der Waals surface area contributed by atoms with Gasteiger partial charge in [-0.1, -0.05) is 41.9 Å². The lowest BCUT2D eigenvalue weighted by Crippen LogP contribution is -2.47. The molecule has 44 heavy (non-hydrogen) atoms. The van der Waals surface area contributed by atoms with Gasteiger partial charge in [0.05, 0.1) is 23.9 Å². The zero-order chi connectivity index (χ0) is 32.0. The van der Waals surface area contributed by atoms with Gasteiger partial charge in [-0.15, -0.1) is 0 Å². The van der Waals surface area contributed by atoms with E-state index >= 15 is 0 Å². The van der Waals surface area contributed by atoms with Gasteiger partial charge in [0.1, 0.15) is 5.82 Å². The summed E-state index contributed by atoms with van der Waals surface area (Å²) in [7, 11) is 0. The number of hydrogen-bond donors (Lipinski definition) is 4. The van der Waals surface area contributed by atoms with Crippen molar-refractivity contribution in [3.63, 3.8) is 0 Å². The monoisotopic (exact) mass is 624 g/mol. The predicted molar refractivity (Wildman–Crippen MR) is 169 cm³/mol.